The van der Waals surface area contributed by atoms with Gasteiger partial charge in [0.05, 0.1) is 11.5 Å². The van der Waals surface area contributed by atoms with E-state index in [4.69, 9.17) is 5.11 Å². The van der Waals surface area contributed by atoms with Gasteiger partial charge in [0.1, 0.15) is 0 Å². The summed E-state index contributed by atoms with van der Waals surface area (Å²) >= 11 is 0. The number of hydrogen-bond acceptors (Lipinski definition) is 4. The van der Waals surface area contributed by atoms with Crippen molar-refractivity contribution in [3.05, 3.63) is 29.3 Å². The summed E-state index contributed by atoms with van der Waals surface area (Å²) in [6.07, 6.45) is 0. The van der Waals surface area contributed by atoms with E-state index < -0.39 is 11.9 Å². The van der Waals surface area contributed by atoms with Crippen LogP contribution in [0.15, 0.2) is 18.2 Å². The Morgan fingerprint density at radius 1 is 1.29 bits per heavy atom. The number of benzene rings is 1. The predicted octanol–water partition coefficient (Wildman–Crippen LogP) is -0.210. The summed E-state index contributed by atoms with van der Waals surface area (Å²) in [6.45, 7) is 0. The summed E-state index contributed by atoms with van der Waals surface area (Å²) in [6, 6.07) is 3.70. The summed E-state index contributed by atoms with van der Waals surface area (Å²) < 4.78 is 0. The van der Waals surface area contributed by atoms with Crippen LogP contribution < -0.4 is 10.4 Å². The number of nitrogens with one attached hydrogen (secondary N) is 1. The smallest absolute Gasteiger partial charge is 0.335 e. The number of carbonyl (C=O) groups is 2. The molecule has 0 radical (unpaired) electrons. The van der Waals surface area contributed by atoms with Crippen molar-refractivity contribution in [2.75, 3.05) is 12.4 Å². The van der Waals surface area contributed by atoms with E-state index >= 15 is 0 Å². The summed E-state index contributed by atoms with van der Waals surface area (Å²) in [5.74, 6) is -2.57. The highest BCUT2D eigenvalue weighted by Gasteiger charge is 2.06. The largest absolute Gasteiger partial charge is 0.545 e. The Morgan fingerprint density at radius 3 is 2.29 bits per heavy atom. The number of carboxylic acids is 2. The number of anilines is 1. The number of carbonyl (C=O) groups excluding carboxylic acids is 1. The van der Waals surface area contributed by atoms with Crippen molar-refractivity contribution < 1.29 is 19.8 Å². The molecule has 0 atom stereocenters. The Labute approximate surface area is 80.0 Å². The van der Waals surface area contributed by atoms with Crippen LogP contribution in [0.4, 0.5) is 5.69 Å². The van der Waals surface area contributed by atoms with E-state index in [1.807, 2.05) is 0 Å². The first kappa shape index (κ1) is 10.0. The summed E-state index contributed by atoms with van der Waals surface area (Å²) in [5.41, 5.74) is 0.175. The number of hydrogen-bond donors (Lipinski definition) is 2. The van der Waals surface area contributed by atoms with Crippen LogP contribution in [-0.2, 0) is 0 Å². The maximum Gasteiger partial charge on any atom is 0.335 e. The van der Waals surface area contributed by atoms with Crippen LogP contribution in [0.1, 0.15) is 20.7 Å². The Bertz CT molecular complexity index is 354. The fourth-order valence-corrected chi connectivity index (χ4v) is 1.01. The van der Waals surface area contributed by atoms with E-state index in [1.165, 1.54) is 12.1 Å². The monoisotopic (exact) mass is 194 g/mol. The second-order valence-electron chi connectivity index (χ2n) is 2.64. The third kappa shape index (κ3) is 2.01. The second-order valence-corrected chi connectivity index (χ2v) is 2.64. The first-order valence-electron chi connectivity index (χ1n) is 3.82. The van der Waals surface area contributed by atoms with E-state index in [0.29, 0.717) is 5.69 Å². The third-order valence-electron chi connectivity index (χ3n) is 1.70. The molecule has 0 unspecified atom stereocenters. The predicted molar refractivity (Wildman–Crippen MR) is 47.3 cm³/mol. The van der Waals surface area contributed by atoms with Crippen molar-refractivity contribution in [3.63, 3.8) is 0 Å². The van der Waals surface area contributed by atoms with Crippen LogP contribution >= 0.6 is 0 Å². The molecule has 0 heterocycles. The van der Waals surface area contributed by atoms with Gasteiger partial charge >= 0.3 is 5.97 Å². The first-order chi connectivity index (χ1) is 6.54. The van der Waals surface area contributed by atoms with E-state index in [0.717, 1.165) is 6.07 Å². The number of aromatic carboxylic acids is 2. The Balaban J connectivity index is 3.27. The molecule has 0 amide bonds. The van der Waals surface area contributed by atoms with Gasteiger partial charge in [0.15, 0.2) is 0 Å². The molecule has 0 saturated carbocycles. The Hall–Kier alpha value is -2.04. The molecule has 0 aliphatic heterocycles. The van der Waals surface area contributed by atoms with Gasteiger partial charge in [-0.2, -0.15) is 0 Å². The zero-order chi connectivity index (χ0) is 10.7. The van der Waals surface area contributed by atoms with Gasteiger partial charge < -0.3 is 20.3 Å². The van der Waals surface area contributed by atoms with Gasteiger partial charge in [-0.1, -0.05) is 0 Å². The minimum absolute atomic E-state index is 0.0870. The second kappa shape index (κ2) is 3.78. The van der Waals surface area contributed by atoms with E-state index in [2.05, 4.69) is 5.32 Å². The molecular formula is C9H8NO4-. The molecule has 1 aromatic rings. The highest BCUT2D eigenvalue weighted by atomic mass is 16.4. The molecule has 2 N–H and O–H groups in total. The third-order valence-corrected chi connectivity index (χ3v) is 1.70. The molecule has 0 spiro atoms. The molecule has 0 aliphatic rings. The molecule has 1 aromatic carbocycles. The van der Waals surface area contributed by atoms with Crippen molar-refractivity contribution >= 4 is 17.6 Å². The topological polar surface area (TPSA) is 89.5 Å². The van der Waals surface area contributed by atoms with Gasteiger partial charge in [-0.25, -0.2) is 4.79 Å². The molecule has 5 heteroatoms. The van der Waals surface area contributed by atoms with Gasteiger partial charge in [0, 0.05) is 18.3 Å². The van der Waals surface area contributed by atoms with E-state index in [1.54, 1.807) is 7.05 Å². The molecule has 0 aromatic heterocycles. The zero-order valence-electron chi connectivity index (χ0n) is 7.40. The Kier molecular flexibility index (Phi) is 2.71. The van der Waals surface area contributed by atoms with Crippen LogP contribution in [0.25, 0.3) is 0 Å². The van der Waals surface area contributed by atoms with Gasteiger partial charge in [-0.3, -0.25) is 0 Å². The Morgan fingerprint density at radius 2 is 1.86 bits per heavy atom. The van der Waals surface area contributed by atoms with Gasteiger partial charge in [-0.15, -0.1) is 0 Å². The van der Waals surface area contributed by atoms with Crippen molar-refractivity contribution in [1.82, 2.24) is 0 Å². The van der Waals surface area contributed by atoms with E-state index in [9.17, 15) is 14.7 Å². The SMILES string of the molecule is CNc1cc(C(=O)[O-])cc(C(=O)O)c1. The molecule has 0 fully saturated rings. The van der Waals surface area contributed by atoms with Crippen molar-refractivity contribution in [3.8, 4) is 0 Å². The highest BCUT2D eigenvalue weighted by molar-refractivity contribution is 5.94. The molecule has 14 heavy (non-hydrogen) atoms. The average Bonchev–Trinajstić information content (AvgIpc) is 2.16. The minimum atomic E-state index is -1.40. The fraction of sp³-hybridized carbons (Fsp3) is 0.111. The molecule has 0 aliphatic carbocycles. The normalized spacial score (nSPS) is 9.50. The van der Waals surface area contributed by atoms with Crippen molar-refractivity contribution in [1.29, 1.82) is 0 Å². The van der Waals surface area contributed by atoms with Gasteiger partial charge in [0.2, 0.25) is 0 Å². The van der Waals surface area contributed by atoms with Gasteiger partial charge in [-0.05, 0) is 18.2 Å². The molecule has 74 valence electrons. The maximum atomic E-state index is 10.6. The molecular weight excluding hydrogens is 186 g/mol. The van der Waals surface area contributed by atoms with Crippen LogP contribution in [0, 0.1) is 0 Å². The van der Waals surface area contributed by atoms with Crippen molar-refractivity contribution in [2.45, 2.75) is 0 Å². The quantitative estimate of drug-likeness (QED) is 0.694. The summed E-state index contributed by atoms with van der Waals surface area (Å²) in [7, 11) is 1.57. The zero-order valence-corrected chi connectivity index (χ0v) is 7.40. The number of rotatable bonds is 3. The van der Waals surface area contributed by atoms with E-state index in [-0.39, 0.29) is 11.1 Å². The molecule has 1 rings (SSSR count). The lowest BCUT2D eigenvalue weighted by atomic mass is 10.1. The van der Waals surface area contributed by atoms with Crippen molar-refractivity contribution in [2.24, 2.45) is 0 Å². The maximum absolute atomic E-state index is 10.6. The molecule has 5 nitrogen and oxygen atoms in total. The highest BCUT2D eigenvalue weighted by Crippen LogP contribution is 2.14. The molecule has 0 saturated heterocycles. The lowest BCUT2D eigenvalue weighted by Gasteiger charge is -2.07. The standard InChI is InChI=1S/C9H9NO4/c1-10-7-3-5(8(11)12)2-6(4-7)9(13)14/h2-4,10H,1H3,(H,11,12)(H,13,14)/p-1. The van der Waals surface area contributed by atoms with Crippen LogP contribution in [0.5, 0.6) is 0 Å². The molecule has 0 bridgehead atoms. The number of carboxylic acid groups (broad SMARTS) is 2. The lowest BCUT2D eigenvalue weighted by molar-refractivity contribution is -0.255. The fourth-order valence-electron chi connectivity index (χ4n) is 1.01. The average molecular weight is 194 g/mol. The van der Waals surface area contributed by atoms with Gasteiger partial charge in [0.25, 0.3) is 0 Å². The summed E-state index contributed by atoms with van der Waals surface area (Å²) in [5, 5.41) is 21.8. The van der Waals surface area contributed by atoms with Crippen LogP contribution in [-0.4, -0.2) is 24.1 Å². The summed E-state index contributed by atoms with van der Waals surface area (Å²) in [4.78, 5) is 21.1. The van der Waals surface area contributed by atoms with Crippen LogP contribution in [0.2, 0.25) is 0 Å². The minimum Gasteiger partial charge on any atom is -0.545 e. The van der Waals surface area contributed by atoms with Crippen LogP contribution in [0.3, 0.4) is 0 Å². The lowest BCUT2D eigenvalue weighted by Crippen LogP contribution is -2.22. The first-order valence-corrected chi connectivity index (χ1v) is 3.82.